The molecule has 0 bridgehead atoms. The number of benzene rings is 2. The molecule has 0 spiro atoms. The van der Waals surface area contributed by atoms with Gasteiger partial charge in [0.1, 0.15) is 10.5 Å². The Morgan fingerprint density at radius 3 is 2.72 bits per heavy atom. The van der Waals surface area contributed by atoms with Crippen LogP contribution in [0, 0.1) is 0 Å². The Morgan fingerprint density at radius 1 is 1.08 bits per heavy atom. The maximum Gasteiger partial charge on any atom is 0.257 e. The van der Waals surface area contributed by atoms with Crippen molar-refractivity contribution in [3.05, 3.63) is 54.6 Å². The number of hydrogen-bond acceptors (Lipinski definition) is 7. The number of nitrogens with one attached hydrogen (secondary N) is 1. The zero-order valence-corrected chi connectivity index (χ0v) is 14.5. The summed E-state index contributed by atoms with van der Waals surface area (Å²) in [5, 5.41) is 12.6. The van der Waals surface area contributed by atoms with Crippen LogP contribution >= 0.6 is 23.1 Å². The van der Waals surface area contributed by atoms with Crippen molar-refractivity contribution in [3.8, 4) is 10.6 Å². The van der Waals surface area contributed by atoms with Crippen molar-refractivity contribution >= 4 is 45.2 Å². The average Bonchev–Trinajstić information content (AvgIpc) is 3.27. The number of para-hydroxylation sites is 2. The quantitative estimate of drug-likeness (QED) is 0.535. The number of fused-ring (bicyclic) bond motifs is 1. The topological polar surface area (TPSA) is 80.9 Å². The minimum absolute atomic E-state index is 0.178. The first-order chi connectivity index (χ1) is 12.3. The predicted octanol–water partition coefficient (Wildman–Crippen LogP) is 4.08. The number of carbonyl (C=O) groups excluding carboxylic acids is 1. The number of oxazole rings is 1. The molecule has 1 amide bonds. The van der Waals surface area contributed by atoms with E-state index < -0.39 is 0 Å². The summed E-state index contributed by atoms with van der Waals surface area (Å²) in [4.78, 5) is 16.4. The third kappa shape index (κ3) is 3.70. The Morgan fingerprint density at radius 2 is 1.88 bits per heavy atom. The summed E-state index contributed by atoms with van der Waals surface area (Å²) in [5.41, 5.74) is 2.46. The molecule has 4 aromatic rings. The number of aromatic nitrogens is 3. The lowest BCUT2D eigenvalue weighted by Crippen LogP contribution is -2.13. The zero-order chi connectivity index (χ0) is 17.1. The van der Waals surface area contributed by atoms with E-state index >= 15 is 0 Å². The Labute approximate surface area is 151 Å². The molecule has 0 aliphatic heterocycles. The lowest BCUT2D eigenvalue weighted by molar-refractivity contribution is -0.113. The summed E-state index contributed by atoms with van der Waals surface area (Å²) >= 11 is 2.58. The molecule has 1 N–H and O–H groups in total. The second-order valence-electron chi connectivity index (χ2n) is 5.06. The van der Waals surface area contributed by atoms with Gasteiger partial charge in [-0.3, -0.25) is 10.1 Å². The van der Waals surface area contributed by atoms with E-state index in [2.05, 4.69) is 20.5 Å². The first kappa shape index (κ1) is 15.8. The number of nitrogens with zero attached hydrogens (tertiary/aromatic N) is 3. The van der Waals surface area contributed by atoms with E-state index in [4.69, 9.17) is 4.42 Å². The van der Waals surface area contributed by atoms with Crippen LogP contribution in [0.5, 0.6) is 0 Å². The van der Waals surface area contributed by atoms with Crippen LogP contribution in [-0.2, 0) is 4.79 Å². The first-order valence-corrected chi connectivity index (χ1v) is 9.25. The smallest absolute Gasteiger partial charge is 0.257 e. The van der Waals surface area contributed by atoms with Crippen molar-refractivity contribution in [2.75, 3.05) is 11.1 Å². The van der Waals surface area contributed by atoms with Crippen molar-refractivity contribution in [3.63, 3.8) is 0 Å². The highest BCUT2D eigenvalue weighted by Crippen LogP contribution is 2.27. The average molecular weight is 368 g/mol. The van der Waals surface area contributed by atoms with E-state index in [0.717, 1.165) is 16.1 Å². The fourth-order valence-corrected chi connectivity index (χ4v) is 3.57. The summed E-state index contributed by atoms with van der Waals surface area (Å²) in [7, 11) is 0. The summed E-state index contributed by atoms with van der Waals surface area (Å²) in [5.74, 6) is 0.00981. The van der Waals surface area contributed by atoms with Gasteiger partial charge in [-0.1, -0.05) is 65.6 Å². The molecule has 2 aromatic carbocycles. The Bertz CT molecular complexity index is 981. The van der Waals surface area contributed by atoms with Gasteiger partial charge in [0.15, 0.2) is 5.58 Å². The van der Waals surface area contributed by atoms with Gasteiger partial charge >= 0.3 is 0 Å². The molecule has 2 heterocycles. The fourth-order valence-electron chi connectivity index (χ4n) is 2.17. The fraction of sp³-hybridized carbons (Fsp3) is 0.0588. The maximum absolute atomic E-state index is 12.1. The van der Waals surface area contributed by atoms with E-state index in [1.807, 2.05) is 54.6 Å². The van der Waals surface area contributed by atoms with E-state index in [1.54, 1.807) is 0 Å². The van der Waals surface area contributed by atoms with Crippen LogP contribution in [0.1, 0.15) is 0 Å². The maximum atomic E-state index is 12.1. The molecule has 0 unspecified atom stereocenters. The monoisotopic (exact) mass is 368 g/mol. The lowest BCUT2D eigenvalue weighted by atomic mass is 10.2. The van der Waals surface area contributed by atoms with Gasteiger partial charge in [-0.05, 0) is 12.1 Å². The number of thioether (sulfide) groups is 1. The highest BCUT2D eigenvalue weighted by molar-refractivity contribution is 7.99. The SMILES string of the molecule is O=C(CSc1nc2ccccc2o1)Nc1nnc(-c2ccccc2)s1. The summed E-state index contributed by atoms with van der Waals surface area (Å²) in [6.45, 7) is 0. The second kappa shape index (κ2) is 7.04. The van der Waals surface area contributed by atoms with Crippen molar-refractivity contribution < 1.29 is 9.21 Å². The Kier molecular flexibility index (Phi) is 4.45. The molecule has 0 fully saturated rings. The van der Waals surface area contributed by atoms with Crippen LogP contribution in [0.25, 0.3) is 21.7 Å². The first-order valence-electron chi connectivity index (χ1n) is 7.45. The number of amides is 1. The molecule has 0 aliphatic rings. The van der Waals surface area contributed by atoms with Crippen molar-refractivity contribution in [2.24, 2.45) is 0 Å². The van der Waals surface area contributed by atoms with Crippen LogP contribution in [0.15, 0.2) is 64.2 Å². The summed E-state index contributed by atoms with van der Waals surface area (Å²) in [6.07, 6.45) is 0. The van der Waals surface area contributed by atoms with Crippen molar-refractivity contribution in [2.45, 2.75) is 5.22 Å². The van der Waals surface area contributed by atoms with Crippen LogP contribution in [0.4, 0.5) is 5.13 Å². The van der Waals surface area contributed by atoms with Gasteiger partial charge in [-0.2, -0.15) is 0 Å². The highest BCUT2D eigenvalue weighted by Gasteiger charge is 2.12. The van der Waals surface area contributed by atoms with Crippen molar-refractivity contribution in [1.82, 2.24) is 15.2 Å². The normalized spacial score (nSPS) is 10.9. The number of hydrogen-bond donors (Lipinski definition) is 1. The van der Waals surface area contributed by atoms with Gasteiger partial charge in [0.25, 0.3) is 5.22 Å². The molecule has 0 saturated heterocycles. The van der Waals surface area contributed by atoms with E-state index in [0.29, 0.717) is 15.9 Å². The van der Waals surface area contributed by atoms with Crippen LogP contribution in [-0.4, -0.2) is 26.8 Å². The summed E-state index contributed by atoms with van der Waals surface area (Å²) < 4.78 is 5.58. The molecule has 0 radical (unpaired) electrons. The van der Waals surface area contributed by atoms with Crippen LogP contribution in [0.3, 0.4) is 0 Å². The molecule has 0 saturated carbocycles. The standard InChI is InChI=1S/C17H12N4O2S2/c22-14(10-24-17-18-12-8-4-5-9-13(12)23-17)19-16-21-20-15(25-16)11-6-2-1-3-7-11/h1-9H,10H2,(H,19,21,22). The minimum atomic E-state index is -0.178. The zero-order valence-electron chi connectivity index (χ0n) is 12.9. The Hall–Kier alpha value is -2.71. The molecule has 0 atom stereocenters. The molecule has 25 heavy (non-hydrogen) atoms. The Balaban J connectivity index is 1.37. The van der Waals surface area contributed by atoms with Crippen LogP contribution in [0.2, 0.25) is 0 Å². The molecule has 2 aromatic heterocycles. The van der Waals surface area contributed by atoms with E-state index in [1.165, 1.54) is 23.1 Å². The molecule has 4 rings (SSSR count). The van der Waals surface area contributed by atoms with Gasteiger partial charge in [0.2, 0.25) is 11.0 Å². The van der Waals surface area contributed by atoms with Crippen LogP contribution < -0.4 is 5.32 Å². The van der Waals surface area contributed by atoms with Gasteiger partial charge in [-0.15, -0.1) is 10.2 Å². The van der Waals surface area contributed by atoms with Gasteiger partial charge in [0.05, 0.1) is 5.75 Å². The van der Waals surface area contributed by atoms with Gasteiger partial charge < -0.3 is 4.42 Å². The van der Waals surface area contributed by atoms with Gasteiger partial charge in [0, 0.05) is 5.56 Å². The van der Waals surface area contributed by atoms with Gasteiger partial charge in [-0.25, -0.2) is 4.98 Å². The lowest BCUT2D eigenvalue weighted by Gasteiger charge is -1.98. The second-order valence-corrected chi connectivity index (χ2v) is 6.97. The third-order valence-corrected chi connectivity index (χ3v) is 5.01. The van der Waals surface area contributed by atoms with E-state index in [9.17, 15) is 4.79 Å². The number of carbonyl (C=O) groups is 1. The largest absolute Gasteiger partial charge is 0.431 e. The third-order valence-electron chi connectivity index (χ3n) is 3.29. The number of rotatable bonds is 5. The number of anilines is 1. The molecular formula is C17H12N4O2S2. The predicted molar refractivity (Wildman–Crippen MR) is 98.7 cm³/mol. The molecule has 0 aliphatic carbocycles. The highest BCUT2D eigenvalue weighted by atomic mass is 32.2. The molecule has 8 heteroatoms. The summed E-state index contributed by atoms with van der Waals surface area (Å²) in [6, 6.07) is 17.2. The molecule has 6 nitrogen and oxygen atoms in total. The van der Waals surface area contributed by atoms with Crippen molar-refractivity contribution in [1.29, 1.82) is 0 Å². The minimum Gasteiger partial charge on any atom is -0.431 e. The molecule has 124 valence electrons. The molecular weight excluding hydrogens is 356 g/mol. The van der Waals surface area contributed by atoms with E-state index in [-0.39, 0.29) is 11.7 Å².